The van der Waals surface area contributed by atoms with Crippen LogP contribution in [-0.4, -0.2) is 38.9 Å². The van der Waals surface area contributed by atoms with Crippen LogP contribution in [0.4, 0.5) is 4.39 Å². The summed E-state index contributed by atoms with van der Waals surface area (Å²) in [5.41, 5.74) is 9.12. The summed E-state index contributed by atoms with van der Waals surface area (Å²) in [4.78, 5) is 17.5. The lowest BCUT2D eigenvalue weighted by Crippen LogP contribution is -2.20. The zero-order valence-electron chi connectivity index (χ0n) is 23.3. The van der Waals surface area contributed by atoms with Crippen LogP contribution in [0.15, 0.2) is 84.3 Å². The fourth-order valence-electron chi connectivity index (χ4n) is 6.24. The van der Waals surface area contributed by atoms with Crippen LogP contribution in [0.25, 0.3) is 39.4 Å². The Kier molecular flexibility index (Phi) is 7.10. The monoisotopic (exact) mass is 557 g/mol. The molecule has 0 spiro atoms. The fraction of sp³-hybridized carbons (Fsp3) is 0.229. The number of hydrogen-bond donors (Lipinski definition) is 3. The molecule has 1 saturated carbocycles. The lowest BCUT2D eigenvalue weighted by molar-refractivity contribution is 0.469. The number of H-pyrrole nitrogens is 1. The normalized spacial score (nSPS) is 15.1. The number of aromatic hydroxyl groups is 1. The number of phenols is 1. The molecule has 3 N–H and O–H groups in total. The van der Waals surface area contributed by atoms with Gasteiger partial charge in [-0.25, -0.2) is 9.37 Å². The molecule has 3 aromatic heterocycles. The Hall–Kier alpha value is -4.62. The van der Waals surface area contributed by atoms with E-state index in [1.165, 1.54) is 37.3 Å². The Morgan fingerprint density at radius 3 is 2.71 bits per heavy atom. The van der Waals surface area contributed by atoms with Crippen molar-refractivity contribution in [2.45, 2.75) is 32.2 Å². The highest BCUT2D eigenvalue weighted by Crippen LogP contribution is 2.33. The Labute approximate surface area is 244 Å². The first-order valence-corrected chi connectivity index (χ1v) is 14.6. The van der Waals surface area contributed by atoms with Gasteiger partial charge in [0, 0.05) is 47.7 Å². The average molecular weight is 558 g/mol. The van der Waals surface area contributed by atoms with Gasteiger partial charge in [0.15, 0.2) is 0 Å². The Morgan fingerprint density at radius 1 is 0.929 bits per heavy atom. The molecular weight excluding hydrogens is 525 g/mol. The predicted molar refractivity (Wildman–Crippen MR) is 166 cm³/mol. The van der Waals surface area contributed by atoms with Gasteiger partial charge in [-0.05, 0) is 89.5 Å². The Morgan fingerprint density at radius 2 is 1.83 bits per heavy atom. The first kappa shape index (κ1) is 26.3. The van der Waals surface area contributed by atoms with Crippen molar-refractivity contribution >= 4 is 22.8 Å². The second-order valence-electron chi connectivity index (χ2n) is 11.3. The summed E-state index contributed by atoms with van der Waals surface area (Å²) in [5, 5.41) is 14.5. The average Bonchev–Trinajstić information content (AvgIpc) is 3.62. The summed E-state index contributed by atoms with van der Waals surface area (Å²) in [6.45, 7) is 2.43. The molecule has 4 heterocycles. The Balaban J connectivity index is 1.22. The molecule has 0 atom stereocenters. The molecule has 0 bridgehead atoms. The van der Waals surface area contributed by atoms with Gasteiger partial charge in [-0.3, -0.25) is 9.98 Å². The van der Waals surface area contributed by atoms with Crippen LogP contribution >= 0.6 is 0 Å². The van der Waals surface area contributed by atoms with Crippen LogP contribution in [0.3, 0.4) is 0 Å². The lowest BCUT2D eigenvalue weighted by Gasteiger charge is -2.13. The van der Waals surface area contributed by atoms with Gasteiger partial charge in [-0.1, -0.05) is 37.1 Å². The minimum absolute atomic E-state index is 0.116. The zero-order chi connectivity index (χ0) is 28.5. The second-order valence-corrected chi connectivity index (χ2v) is 11.3. The lowest BCUT2D eigenvalue weighted by atomic mass is 9.95. The summed E-state index contributed by atoms with van der Waals surface area (Å²) in [6, 6.07) is 16.6. The van der Waals surface area contributed by atoms with Crippen molar-refractivity contribution in [1.82, 2.24) is 20.3 Å². The number of halogens is 1. The van der Waals surface area contributed by atoms with E-state index in [4.69, 9.17) is 4.99 Å². The highest BCUT2D eigenvalue weighted by atomic mass is 19.1. The number of rotatable bonds is 7. The van der Waals surface area contributed by atoms with Gasteiger partial charge in [-0.15, -0.1) is 0 Å². The van der Waals surface area contributed by atoms with E-state index < -0.39 is 5.82 Å². The SMILES string of the molecule is Oc1cc(F)cc(-c2ccnc3[nH]c(C4=NCC=Cc5ccc(-c6cncc(CNCC7CCCC7)c6)cc54)cc23)c1. The number of phenolic OH excluding ortho intramolecular Hbond substituents is 1. The third-order valence-electron chi connectivity index (χ3n) is 8.31. The van der Waals surface area contributed by atoms with Crippen LogP contribution in [0.5, 0.6) is 5.75 Å². The van der Waals surface area contributed by atoms with E-state index in [2.05, 4.69) is 56.7 Å². The molecule has 42 heavy (non-hydrogen) atoms. The topological polar surface area (TPSA) is 86.2 Å². The first-order valence-electron chi connectivity index (χ1n) is 14.6. The number of benzene rings is 2. The van der Waals surface area contributed by atoms with Crippen molar-refractivity contribution < 1.29 is 9.50 Å². The maximum absolute atomic E-state index is 14.1. The van der Waals surface area contributed by atoms with Gasteiger partial charge in [0.05, 0.1) is 18.0 Å². The number of aromatic nitrogens is 3. The van der Waals surface area contributed by atoms with Crippen molar-refractivity contribution in [3.63, 3.8) is 0 Å². The molecule has 5 aromatic rings. The van der Waals surface area contributed by atoms with E-state index in [0.29, 0.717) is 17.8 Å². The summed E-state index contributed by atoms with van der Waals surface area (Å²) < 4.78 is 14.1. The maximum Gasteiger partial charge on any atom is 0.138 e. The molecule has 0 radical (unpaired) electrons. The Bertz CT molecular complexity index is 1810. The predicted octanol–water partition coefficient (Wildman–Crippen LogP) is 7.28. The number of aliphatic imine (C=N–C) groups is 1. The third-order valence-corrected chi connectivity index (χ3v) is 8.31. The van der Waals surface area contributed by atoms with Crippen LogP contribution in [0.2, 0.25) is 0 Å². The second kappa shape index (κ2) is 11.3. The van der Waals surface area contributed by atoms with Crippen LogP contribution < -0.4 is 5.32 Å². The number of pyridine rings is 2. The van der Waals surface area contributed by atoms with Crippen molar-refractivity contribution in [2.24, 2.45) is 10.9 Å². The van der Waals surface area contributed by atoms with Crippen LogP contribution in [0, 0.1) is 11.7 Å². The van der Waals surface area contributed by atoms with Crippen LogP contribution in [-0.2, 0) is 6.54 Å². The van der Waals surface area contributed by atoms with E-state index in [9.17, 15) is 9.50 Å². The summed E-state index contributed by atoms with van der Waals surface area (Å²) in [7, 11) is 0. The van der Waals surface area contributed by atoms with Gasteiger partial charge >= 0.3 is 0 Å². The standard InChI is InChI=1S/C35H32FN5O/c36-28-13-26(14-29(42)16-28)30-9-11-40-35-32(30)17-33(41-35)34-31-15-25(8-7-24(31)6-3-10-39-34)27-12-23(20-38-21-27)19-37-18-22-4-1-2-5-22/h3,6-9,11-17,20-22,37,42H,1-2,4-5,10,18-19H2,(H,40,41). The number of nitrogens with zero attached hydrogens (tertiary/aromatic N) is 3. The zero-order valence-corrected chi connectivity index (χ0v) is 23.3. The molecule has 0 amide bonds. The third kappa shape index (κ3) is 5.35. The minimum atomic E-state index is -0.491. The summed E-state index contributed by atoms with van der Waals surface area (Å²) >= 11 is 0. The maximum atomic E-state index is 14.1. The molecule has 0 saturated heterocycles. The largest absolute Gasteiger partial charge is 0.508 e. The van der Waals surface area contributed by atoms with E-state index in [0.717, 1.165) is 69.7 Å². The molecule has 1 aliphatic carbocycles. The van der Waals surface area contributed by atoms with Crippen molar-refractivity contribution in [2.75, 3.05) is 13.1 Å². The van der Waals surface area contributed by atoms with Crippen molar-refractivity contribution in [3.8, 4) is 28.0 Å². The van der Waals surface area contributed by atoms with Crippen molar-refractivity contribution in [1.29, 1.82) is 0 Å². The van der Waals surface area contributed by atoms with Gasteiger partial charge < -0.3 is 15.4 Å². The fourth-order valence-corrected chi connectivity index (χ4v) is 6.24. The number of fused-ring (bicyclic) bond motifs is 2. The van der Waals surface area contributed by atoms with Gasteiger partial charge in [0.2, 0.25) is 0 Å². The molecule has 2 aliphatic rings. The first-order chi connectivity index (χ1) is 20.6. The smallest absolute Gasteiger partial charge is 0.138 e. The quantitative estimate of drug-likeness (QED) is 0.196. The molecule has 7 rings (SSSR count). The number of nitrogens with one attached hydrogen (secondary N) is 2. The van der Waals surface area contributed by atoms with E-state index in [1.807, 2.05) is 24.5 Å². The van der Waals surface area contributed by atoms with Gasteiger partial charge in [0.25, 0.3) is 0 Å². The van der Waals surface area contributed by atoms with E-state index in [1.54, 1.807) is 12.3 Å². The van der Waals surface area contributed by atoms with Crippen LogP contribution in [0.1, 0.15) is 48.1 Å². The molecule has 0 unspecified atom stereocenters. The molecular formula is C35H32FN5O. The molecule has 210 valence electrons. The highest BCUT2D eigenvalue weighted by molar-refractivity contribution is 6.16. The van der Waals surface area contributed by atoms with Gasteiger partial charge in [0.1, 0.15) is 17.2 Å². The molecule has 6 nitrogen and oxygen atoms in total. The summed E-state index contributed by atoms with van der Waals surface area (Å²) in [5.74, 6) is 0.192. The summed E-state index contributed by atoms with van der Waals surface area (Å²) in [6.07, 6.45) is 15.1. The molecule has 1 aliphatic heterocycles. The van der Waals surface area contributed by atoms with E-state index in [-0.39, 0.29) is 5.75 Å². The van der Waals surface area contributed by atoms with E-state index >= 15 is 0 Å². The molecule has 7 heteroatoms. The number of aromatic amines is 1. The highest BCUT2D eigenvalue weighted by Gasteiger charge is 2.19. The number of hydrogen-bond acceptors (Lipinski definition) is 5. The molecule has 1 fully saturated rings. The minimum Gasteiger partial charge on any atom is -0.508 e. The molecule has 2 aromatic carbocycles. The van der Waals surface area contributed by atoms with Gasteiger partial charge in [-0.2, -0.15) is 0 Å². The van der Waals surface area contributed by atoms with Crippen molar-refractivity contribution in [3.05, 3.63) is 107 Å².